The molecule has 0 spiro atoms. The Labute approximate surface area is 150 Å². The Morgan fingerprint density at radius 2 is 1.76 bits per heavy atom. The number of hydrogen-bond acceptors (Lipinski definition) is 8. The van der Waals surface area contributed by atoms with Gasteiger partial charge in [-0.2, -0.15) is 0 Å². The van der Waals surface area contributed by atoms with Gasteiger partial charge in [-0.05, 0) is 12.0 Å². The van der Waals surface area contributed by atoms with Crippen molar-refractivity contribution in [3.8, 4) is 0 Å². The van der Waals surface area contributed by atoms with Gasteiger partial charge in [-0.3, -0.25) is 4.79 Å². The quantitative estimate of drug-likeness (QED) is 0.345. The maximum Gasteiger partial charge on any atom is 0.208 e. The van der Waals surface area contributed by atoms with Crippen LogP contribution in [0.3, 0.4) is 0 Å². The number of carbonyl (C=O) groups is 1. The molecule has 0 atom stereocenters. The van der Waals surface area contributed by atoms with Crippen molar-refractivity contribution in [1.29, 1.82) is 0 Å². The molecule has 1 aromatic carbocycles. The van der Waals surface area contributed by atoms with E-state index in [0.717, 1.165) is 23.6 Å². The lowest BCUT2D eigenvalue weighted by molar-refractivity contribution is 0.102. The van der Waals surface area contributed by atoms with Crippen LogP contribution in [-0.4, -0.2) is 42.7 Å². The van der Waals surface area contributed by atoms with Crippen molar-refractivity contribution >= 4 is 39.2 Å². The summed E-state index contributed by atoms with van der Waals surface area (Å²) in [5, 5.41) is 0.356. The van der Waals surface area contributed by atoms with Crippen LogP contribution in [-0.2, 0) is 16.4 Å². The largest absolute Gasteiger partial charge is 0.383 e. The average molecular weight is 381 g/mol. The van der Waals surface area contributed by atoms with Gasteiger partial charge in [0, 0.05) is 18.2 Å². The molecule has 0 saturated carbocycles. The summed E-state index contributed by atoms with van der Waals surface area (Å²) in [4.78, 5) is 20.2. The van der Waals surface area contributed by atoms with Crippen LogP contribution in [0.4, 0.5) is 11.6 Å². The van der Waals surface area contributed by atoms with Crippen molar-refractivity contribution in [3.05, 3.63) is 41.5 Å². The molecule has 25 heavy (non-hydrogen) atoms. The summed E-state index contributed by atoms with van der Waals surface area (Å²) >= 11 is 1.16. The third-order valence-corrected chi connectivity index (χ3v) is 4.71. The monoisotopic (exact) mass is 381 g/mol. The third kappa shape index (κ3) is 6.69. The highest BCUT2D eigenvalue weighted by Gasteiger charge is 2.09. The van der Waals surface area contributed by atoms with Gasteiger partial charge in [0.15, 0.2) is 10.9 Å². The predicted octanol–water partition coefficient (Wildman–Crippen LogP) is 0.708. The number of aromatic nitrogens is 2. The molecule has 0 bridgehead atoms. The van der Waals surface area contributed by atoms with Crippen molar-refractivity contribution in [1.82, 2.24) is 14.7 Å². The van der Waals surface area contributed by atoms with Crippen molar-refractivity contribution in [2.45, 2.75) is 11.6 Å². The number of nitrogens with one attached hydrogen (secondary N) is 1. The van der Waals surface area contributed by atoms with Gasteiger partial charge in [-0.25, -0.2) is 23.1 Å². The average Bonchev–Trinajstić information content (AvgIpc) is 2.51. The molecular weight excluding hydrogens is 362 g/mol. The summed E-state index contributed by atoms with van der Waals surface area (Å²) in [6, 6.07) is 8.48. The summed E-state index contributed by atoms with van der Waals surface area (Å²) in [5.41, 5.74) is 12.7. The van der Waals surface area contributed by atoms with Gasteiger partial charge >= 0.3 is 0 Å². The molecule has 0 aliphatic rings. The van der Waals surface area contributed by atoms with E-state index in [1.165, 1.54) is 6.07 Å². The van der Waals surface area contributed by atoms with E-state index in [4.69, 9.17) is 11.5 Å². The number of Topliss-reactive ketones (excluding diaryl/α,β-unsaturated/α-hetero) is 1. The molecule has 1 aromatic heterocycles. The zero-order valence-corrected chi connectivity index (χ0v) is 15.2. The fourth-order valence-corrected chi connectivity index (χ4v) is 3.22. The Bertz CT molecular complexity index is 834. The van der Waals surface area contributed by atoms with Crippen molar-refractivity contribution in [2.75, 3.05) is 30.0 Å². The minimum atomic E-state index is -3.19. The minimum Gasteiger partial charge on any atom is -0.383 e. The van der Waals surface area contributed by atoms with Crippen molar-refractivity contribution < 1.29 is 13.2 Å². The lowest BCUT2D eigenvalue weighted by atomic mass is 10.1. The van der Waals surface area contributed by atoms with Gasteiger partial charge in [0.25, 0.3) is 0 Å². The highest BCUT2D eigenvalue weighted by Crippen LogP contribution is 2.18. The van der Waals surface area contributed by atoms with E-state index >= 15 is 0 Å². The molecule has 0 radical (unpaired) electrons. The van der Waals surface area contributed by atoms with E-state index in [2.05, 4.69) is 14.7 Å². The van der Waals surface area contributed by atoms with Crippen molar-refractivity contribution in [2.24, 2.45) is 0 Å². The van der Waals surface area contributed by atoms with E-state index in [1.54, 1.807) is 24.3 Å². The second-order valence-corrected chi connectivity index (χ2v) is 8.10. The lowest BCUT2D eigenvalue weighted by Gasteiger charge is -2.05. The van der Waals surface area contributed by atoms with Gasteiger partial charge < -0.3 is 11.5 Å². The molecule has 134 valence electrons. The first-order valence-corrected chi connectivity index (χ1v) is 10.2. The third-order valence-electron chi connectivity index (χ3n) is 3.13. The first kappa shape index (κ1) is 19.2. The summed E-state index contributed by atoms with van der Waals surface area (Å²) < 4.78 is 24.4. The number of anilines is 2. The van der Waals surface area contributed by atoms with Gasteiger partial charge in [-0.1, -0.05) is 36.0 Å². The number of sulfonamides is 1. The van der Waals surface area contributed by atoms with E-state index in [1.807, 2.05) is 0 Å². The molecule has 1 heterocycles. The number of hydrogen-bond donors (Lipinski definition) is 3. The first-order chi connectivity index (χ1) is 11.7. The molecule has 8 nitrogen and oxygen atoms in total. The number of carbonyl (C=O) groups excluding carboxylic acids is 1. The standard InChI is InChI=1S/C15H19N5O3S2/c1-25(22,23)18-7-6-10-2-4-11(5-3-10)12(21)9-24-15-19-13(16)8-14(17)20-15/h2-5,8,18H,6-7,9H2,1H3,(H4,16,17,19,20). The van der Waals surface area contributed by atoms with Crippen LogP contribution >= 0.6 is 11.8 Å². The second kappa shape index (κ2) is 8.28. The van der Waals surface area contributed by atoms with Crippen LogP contribution in [0.1, 0.15) is 15.9 Å². The molecule has 0 aliphatic carbocycles. The zero-order chi connectivity index (χ0) is 18.4. The van der Waals surface area contributed by atoms with Crippen LogP contribution in [0.2, 0.25) is 0 Å². The number of ketones is 1. The molecular formula is C15H19N5O3S2. The van der Waals surface area contributed by atoms with Gasteiger partial charge in [0.05, 0.1) is 12.0 Å². The Hall–Kier alpha value is -2.17. The van der Waals surface area contributed by atoms with Gasteiger partial charge in [-0.15, -0.1) is 0 Å². The minimum absolute atomic E-state index is 0.0737. The first-order valence-electron chi connectivity index (χ1n) is 7.32. The lowest BCUT2D eigenvalue weighted by Crippen LogP contribution is -2.24. The Morgan fingerprint density at radius 3 is 2.32 bits per heavy atom. The number of nitrogens with two attached hydrogens (primary N) is 2. The topological polar surface area (TPSA) is 141 Å². The van der Waals surface area contributed by atoms with Crippen LogP contribution in [0.5, 0.6) is 0 Å². The van der Waals surface area contributed by atoms with Crippen LogP contribution in [0.25, 0.3) is 0 Å². The predicted molar refractivity (Wildman–Crippen MR) is 98.9 cm³/mol. The smallest absolute Gasteiger partial charge is 0.208 e. The normalized spacial score (nSPS) is 11.4. The molecule has 2 aromatic rings. The maximum absolute atomic E-state index is 12.2. The van der Waals surface area contributed by atoms with E-state index in [0.29, 0.717) is 23.7 Å². The maximum atomic E-state index is 12.2. The number of rotatable bonds is 8. The van der Waals surface area contributed by atoms with E-state index in [-0.39, 0.29) is 23.2 Å². The molecule has 0 saturated heterocycles. The summed E-state index contributed by atoms with van der Waals surface area (Å²) in [6.07, 6.45) is 1.66. The van der Waals surface area contributed by atoms with Crippen LogP contribution < -0.4 is 16.2 Å². The fourth-order valence-electron chi connectivity index (χ4n) is 1.98. The summed E-state index contributed by atoms with van der Waals surface area (Å²) in [5.74, 6) is 0.608. The van der Waals surface area contributed by atoms with E-state index < -0.39 is 10.0 Å². The number of thioether (sulfide) groups is 1. The molecule has 5 N–H and O–H groups in total. The summed E-state index contributed by atoms with van der Waals surface area (Å²) in [6.45, 7) is 0.316. The Kier molecular flexibility index (Phi) is 6.34. The molecule has 10 heteroatoms. The highest BCUT2D eigenvalue weighted by atomic mass is 32.2. The summed E-state index contributed by atoms with van der Waals surface area (Å²) in [7, 11) is -3.19. The van der Waals surface area contributed by atoms with Gasteiger partial charge in [0.2, 0.25) is 10.0 Å². The van der Waals surface area contributed by atoms with Crippen LogP contribution in [0.15, 0.2) is 35.5 Å². The molecule has 2 rings (SSSR count). The molecule has 0 amide bonds. The Morgan fingerprint density at radius 1 is 1.16 bits per heavy atom. The molecule has 0 fully saturated rings. The van der Waals surface area contributed by atoms with Gasteiger partial charge in [0.1, 0.15) is 11.6 Å². The van der Waals surface area contributed by atoms with Crippen molar-refractivity contribution in [3.63, 3.8) is 0 Å². The SMILES string of the molecule is CS(=O)(=O)NCCc1ccc(C(=O)CSc2nc(N)cc(N)n2)cc1. The zero-order valence-electron chi connectivity index (χ0n) is 13.6. The number of nitrogen functional groups attached to an aromatic ring is 2. The van der Waals surface area contributed by atoms with Crippen LogP contribution in [0, 0.1) is 0 Å². The Balaban J connectivity index is 1.89. The van der Waals surface area contributed by atoms with E-state index in [9.17, 15) is 13.2 Å². The molecule has 0 unspecified atom stereocenters. The highest BCUT2D eigenvalue weighted by molar-refractivity contribution is 7.99. The second-order valence-electron chi connectivity index (χ2n) is 5.33. The molecule has 0 aliphatic heterocycles. The fraction of sp³-hybridized carbons (Fsp3) is 0.267. The number of nitrogens with zero attached hydrogens (tertiary/aromatic N) is 2. The number of benzene rings is 1.